The van der Waals surface area contributed by atoms with Crippen molar-refractivity contribution >= 4 is 6.08 Å². The third kappa shape index (κ3) is 8.16. The lowest BCUT2D eigenvalue weighted by atomic mass is 10.1. The standard InChI is InChI=1S/C19H26O2/c1-16(2)6-4-7-17(3)13-15-21-19-11-9-18(10-12-19)8-5-14-20/h5-6,8-13,20H,4,7,14-15H2,1-3H3/b8-5+,17-13+. The van der Waals surface area contributed by atoms with E-state index in [-0.39, 0.29) is 6.61 Å². The summed E-state index contributed by atoms with van der Waals surface area (Å²) >= 11 is 0. The zero-order chi connectivity index (χ0) is 15.5. The molecule has 2 heteroatoms. The second-order valence-electron chi connectivity index (χ2n) is 5.34. The molecule has 1 aromatic carbocycles. The maximum absolute atomic E-state index is 8.72. The number of allylic oxidation sites excluding steroid dienone is 3. The van der Waals surface area contributed by atoms with Crippen LogP contribution in [0.5, 0.6) is 5.75 Å². The molecule has 0 spiro atoms. The lowest BCUT2D eigenvalue weighted by Crippen LogP contribution is -1.94. The van der Waals surface area contributed by atoms with Crippen LogP contribution in [0.3, 0.4) is 0 Å². The zero-order valence-corrected chi connectivity index (χ0v) is 13.3. The highest BCUT2D eigenvalue weighted by molar-refractivity contribution is 5.50. The van der Waals surface area contributed by atoms with Crippen LogP contribution in [0.15, 0.2) is 53.6 Å². The van der Waals surface area contributed by atoms with Gasteiger partial charge in [0.05, 0.1) is 6.61 Å². The van der Waals surface area contributed by atoms with Gasteiger partial charge >= 0.3 is 0 Å². The average Bonchev–Trinajstić information content (AvgIpc) is 2.46. The van der Waals surface area contributed by atoms with E-state index in [2.05, 4.69) is 32.9 Å². The fourth-order valence-electron chi connectivity index (χ4n) is 1.83. The Morgan fingerprint density at radius 3 is 2.43 bits per heavy atom. The fourth-order valence-corrected chi connectivity index (χ4v) is 1.83. The molecule has 1 aromatic rings. The van der Waals surface area contributed by atoms with Crippen LogP contribution in [0.25, 0.3) is 6.08 Å². The lowest BCUT2D eigenvalue weighted by Gasteiger charge is -2.05. The van der Waals surface area contributed by atoms with E-state index in [1.807, 2.05) is 30.3 Å². The predicted molar refractivity (Wildman–Crippen MR) is 90.5 cm³/mol. The van der Waals surface area contributed by atoms with E-state index in [4.69, 9.17) is 9.84 Å². The molecule has 1 N–H and O–H groups in total. The summed E-state index contributed by atoms with van der Waals surface area (Å²) in [4.78, 5) is 0. The molecule has 1 rings (SSSR count). The molecule has 0 aromatic heterocycles. The minimum atomic E-state index is 0.0646. The first-order valence-electron chi connectivity index (χ1n) is 7.41. The third-order valence-electron chi connectivity index (χ3n) is 3.07. The maximum Gasteiger partial charge on any atom is 0.119 e. The van der Waals surface area contributed by atoms with Gasteiger partial charge in [-0.3, -0.25) is 0 Å². The number of ether oxygens (including phenoxy) is 1. The highest BCUT2D eigenvalue weighted by Crippen LogP contribution is 2.14. The van der Waals surface area contributed by atoms with Crippen molar-refractivity contribution in [3.05, 3.63) is 59.2 Å². The van der Waals surface area contributed by atoms with Crippen molar-refractivity contribution < 1.29 is 9.84 Å². The summed E-state index contributed by atoms with van der Waals surface area (Å²) in [5.41, 5.74) is 3.79. The van der Waals surface area contributed by atoms with E-state index in [1.54, 1.807) is 6.08 Å². The molecule has 0 unspecified atom stereocenters. The molecule has 0 aliphatic carbocycles. The Morgan fingerprint density at radius 2 is 1.81 bits per heavy atom. The van der Waals surface area contributed by atoms with Gasteiger partial charge in [0.1, 0.15) is 12.4 Å². The number of rotatable bonds is 8. The van der Waals surface area contributed by atoms with E-state index in [0.29, 0.717) is 6.61 Å². The van der Waals surface area contributed by atoms with Gasteiger partial charge in [0, 0.05) is 0 Å². The fraction of sp³-hybridized carbons (Fsp3) is 0.368. The van der Waals surface area contributed by atoms with Crippen molar-refractivity contribution in [1.29, 1.82) is 0 Å². The molecular weight excluding hydrogens is 260 g/mol. The topological polar surface area (TPSA) is 29.5 Å². The van der Waals surface area contributed by atoms with Gasteiger partial charge in [-0.25, -0.2) is 0 Å². The number of hydrogen-bond donors (Lipinski definition) is 1. The first kappa shape index (κ1) is 17.3. The third-order valence-corrected chi connectivity index (χ3v) is 3.07. The number of aliphatic hydroxyl groups is 1. The van der Waals surface area contributed by atoms with Crippen LogP contribution in [-0.4, -0.2) is 18.3 Å². The molecule has 0 aliphatic rings. The molecular formula is C19H26O2. The first-order chi connectivity index (χ1) is 10.1. The Hall–Kier alpha value is -1.80. The average molecular weight is 286 g/mol. The molecule has 0 bridgehead atoms. The van der Waals surface area contributed by atoms with Gasteiger partial charge in [0.25, 0.3) is 0 Å². The van der Waals surface area contributed by atoms with Crippen molar-refractivity contribution in [3.8, 4) is 5.75 Å². The van der Waals surface area contributed by atoms with Crippen molar-refractivity contribution in [3.63, 3.8) is 0 Å². The minimum absolute atomic E-state index is 0.0646. The van der Waals surface area contributed by atoms with Crippen molar-refractivity contribution in [2.24, 2.45) is 0 Å². The Balaban J connectivity index is 2.37. The highest BCUT2D eigenvalue weighted by Gasteiger charge is 1.93. The molecule has 0 atom stereocenters. The normalized spacial score (nSPS) is 11.7. The summed E-state index contributed by atoms with van der Waals surface area (Å²) in [5, 5.41) is 8.72. The van der Waals surface area contributed by atoms with Gasteiger partial charge in [0.15, 0.2) is 0 Å². The van der Waals surface area contributed by atoms with Gasteiger partial charge in [-0.1, -0.05) is 41.5 Å². The molecule has 0 saturated heterocycles. The largest absolute Gasteiger partial charge is 0.490 e. The second-order valence-corrected chi connectivity index (χ2v) is 5.34. The lowest BCUT2D eigenvalue weighted by molar-refractivity contribution is 0.343. The van der Waals surface area contributed by atoms with Crippen molar-refractivity contribution in [1.82, 2.24) is 0 Å². The van der Waals surface area contributed by atoms with Crippen LogP contribution in [0, 0.1) is 0 Å². The molecule has 2 nitrogen and oxygen atoms in total. The Morgan fingerprint density at radius 1 is 1.10 bits per heavy atom. The second kappa shape index (κ2) is 10.0. The van der Waals surface area contributed by atoms with Crippen LogP contribution in [0.4, 0.5) is 0 Å². The SMILES string of the molecule is CC(C)=CCC/C(C)=C/COc1ccc(/C=C/CO)cc1. The van der Waals surface area contributed by atoms with E-state index < -0.39 is 0 Å². The van der Waals surface area contributed by atoms with Gasteiger partial charge in [-0.15, -0.1) is 0 Å². The summed E-state index contributed by atoms with van der Waals surface area (Å²) in [6.07, 6.45) is 10.2. The summed E-state index contributed by atoms with van der Waals surface area (Å²) in [6.45, 7) is 7.07. The molecule has 0 aliphatic heterocycles. The van der Waals surface area contributed by atoms with Crippen molar-refractivity contribution in [2.45, 2.75) is 33.6 Å². The van der Waals surface area contributed by atoms with Crippen LogP contribution in [0.2, 0.25) is 0 Å². The van der Waals surface area contributed by atoms with Gasteiger partial charge in [-0.05, 0) is 57.4 Å². The quantitative estimate of drug-likeness (QED) is 0.698. The van der Waals surface area contributed by atoms with Gasteiger partial charge < -0.3 is 9.84 Å². The van der Waals surface area contributed by atoms with E-state index in [1.165, 1.54) is 11.1 Å². The molecule has 114 valence electrons. The minimum Gasteiger partial charge on any atom is -0.490 e. The molecule has 0 fully saturated rings. The van der Waals surface area contributed by atoms with Gasteiger partial charge in [0.2, 0.25) is 0 Å². The maximum atomic E-state index is 8.72. The molecule has 0 radical (unpaired) electrons. The number of benzene rings is 1. The van der Waals surface area contributed by atoms with E-state index in [0.717, 1.165) is 24.2 Å². The smallest absolute Gasteiger partial charge is 0.119 e. The predicted octanol–water partition coefficient (Wildman–Crippen LogP) is 4.76. The molecule has 0 amide bonds. The monoisotopic (exact) mass is 286 g/mol. The Bertz CT molecular complexity index is 489. The molecule has 0 heterocycles. The van der Waals surface area contributed by atoms with Crippen LogP contribution in [0.1, 0.15) is 39.2 Å². The van der Waals surface area contributed by atoms with Crippen LogP contribution >= 0.6 is 0 Å². The summed E-state index contributed by atoms with van der Waals surface area (Å²) < 4.78 is 5.70. The number of aliphatic hydroxyl groups excluding tert-OH is 1. The summed E-state index contributed by atoms with van der Waals surface area (Å²) in [5.74, 6) is 0.865. The van der Waals surface area contributed by atoms with Gasteiger partial charge in [-0.2, -0.15) is 0 Å². The van der Waals surface area contributed by atoms with E-state index >= 15 is 0 Å². The first-order valence-corrected chi connectivity index (χ1v) is 7.41. The molecule has 0 saturated carbocycles. The molecule has 21 heavy (non-hydrogen) atoms. The van der Waals surface area contributed by atoms with Crippen LogP contribution in [-0.2, 0) is 0 Å². The van der Waals surface area contributed by atoms with E-state index in [9.17, 15) is 0 Å². The summed E-state index contributed by atoms with van der Waals surface area (Å²) in [6, 6.07) is 7.85. The highest BCUT2D eigenvalue weighted by atomic mass is 16.5. The van der Waals surface area contributed by atoms with Crippen molar-refractivity contribution in [2.75, 3.05) is 13.2 Å². The Kier molecular flexibility index (Phi) is 8.22. The van der Waals surface area contributed by atoms with Crippen LogP contribution < -0.4 is 4.74 Å². The Labute approximate surface area is 128 Å². The zero-order valence-electron chi connectivity index (χ0n) is 13.3. The number of hydrogen-bond acceptors (Lipinski definition) is 2. The summed E-state index contributed by atoms with van der Waals surface area (Å²) in [7, 11) is 0.